The molecule has 1 aromatic carbocycles. The Balaban J connectivity index is 2.78. The summed E-state index contributed by atoms with van der Waals surface area (Å²) in [6, 6.07) is 4.04. The quantitative estimate of drug-likeness (QED) is 0.713. The number of hydrogen-bond acceptors (Lipinski definition) is 2. The molecule has 0 spiro atoms. The number of carbonyl (C=O) groups excluding carboxylic acids is 2. The molecule has 0 aromatic heterocycles. The van der Waals surface area contributed by atoms with Crippen LogP contribution in [0, 0.1) is 12.7 Å². The average molecular weight is 208 g/mol. The number of hydrogen-bond donors (Lipinski definition) is 0. The van der Waals surface area contributed by atoms with Crippen LogP contribution in [-0.4, -0.2) is 11.6 Å². The van der Waals surface area contributed by atoms with Crippen LogP contribution in [0.15, 0.2) is 18.2 Å². The Morgan fingerprint density at radius 1 is 1.27 bits per heavy atom. The summed E-state index contributed by atoms with van der Waals surface area (Å²) < 4.78 is 12.8. The summed E-state index contributed by atoms with van der Waals surface area (Å²) in [5.41, 5.74) is 1.11. The summed E-state index contributed by atoms with van der Waals surface area (Å²) in [5, 5.41) is 0. The lowest BCUT2D eigenvalue weighted by Gasteiger charge is -2.03. The molecule has 0 saturated carbocycles. The first-order valence-corrected chi connectivity index (χ1v) is 4.79. The van der Waals surface area contributed by atoms with Crippen molar-refractivity contribution >= 4 is 11.6 Å². The smallest absolute Gasteiger partial charge is 0.163 e. The third kappa shape index (κ3) is 3.27. The van der Waals surface area contributed by atoms with Gasteiger partial charge in [0.15, 0.2) is 5.78 Å². The van der Waals surface area contributed by atoms with Crippen molar-refractivity contribution in [1.29, 1.82) is 0 Å². The second kappa shape index (κ2) is 4.82. The highest BCUT2D eigenvalue weighted by atomic mass is 19.1. The number of ketones is 2. The van der Waals surface area contributed by atoms with E-state index in [4.69, 9.17) is 0 Å². The molecule has 0 N–H and O–H groups in total. The zero-order chi connectivity index (χ0) is 11.4. The summed E-state index contributed by atoms with van der Waals surface area (Å²) in [7, 11) is 0. The standard InChI is InChI=1S/C12H13FO2/c1-8-7-10(13)4-5-11(8)12(15)6-3-9(2)14/h4-5,7H,3,6H2,1-2H3. The number of benzene rings is 1. The maximum absolute atomic E-state index is 12.8. The zero-order valence-corrected chi connectivity index (χ0v) is 8.84. The molecular formula is C12H13FO2. The fraction of sp³-hybridized carbons (Fsp3) is 0.333. The normalized spacial score (nSPS) is 10.1. The Morgan fingerprint density at radius 3 is 2.47 bits per heavy atom. The van der Waals surface area contributed by atoms with Gasteiger partial charge in [-0.05, 0) is 37.6 Å². The number of carbonyl (C=O) groups is 2. The summed E-state index contributed by atoms with van der Waals surface area (Å²) >= 11 is 0. The lowest BCUT2D eigenvalue weighted by molar-refractivity contribution is -0.116. The molecule has 0 heterocycles. The van der Waals surface area contributed by atoms with Crippen molar-refractivity contribution in [3.8, 4) is 0 Å². The molecule has 3 heteroatoms. The maximum atomic E-state index is 12.8. The largest absolute Gasteiger partial charge is 0.300 e. The van der Waals surface area contributed by atoms with Crippen LogP contribution in [0.25, 0.3) is 0 Å². The molecule has 15 heavy (non-hydrogen) atoms. The molecule has 80 valence electrons. The lowest BCUT2D eigenvalue weighted by Crippen LogP contribution is -2.04. The van der Waals surface area contributed by atoms with Crippen LogP contribution in [0.2, 0.25) is 0 Å². The molecule has 0 saturated heterocycles. The van der Waals surface area contributed by atoms with Crippen molar-refractivity contribution in [1.82, 2.24) is 0 Å². The SMILES string of the molecule is CC(=O)CCC(=O)c1ccc(F)cc1C. The van der Waals surface area contributed by atoms with Gasteiger partial charge in [-0.15, -0.1) is 0 Å². The van der Waals surface area contributed by atoms with E-state index in [0.29, 0.717) is 11.1 Å². The third-order valence-electron chi connectivity index (χ3n) is 2.19. The van der Waals surface area contributed by atoms with Gasteiger partial charge in [0.05, 0.1) is 0 Å². The summed E-state index contributed by atoms with van der Waals surface area (Å²) in [6.45, 7) is 3.13. The van der Waals surface area contributed by atoms with E-state index >= 15 is 0 Å². The van der Waals surface area contributed by atoms with Gasteiger partial charge in [0.2, 0.25) is 0 Å². The topological polar surface area (TPSA) is 34.1 Å². The fourth-order valence-electron chi connectivity index (χ4n) is 1.36. The van der Waals surface area contributed by atoms with Crippen molar-refractivity contribution in [2.24, 2.45) is 0 Å². The van der Waals surface area contributed by atoms with Gasteiger partial charge in [-0.1, -0.05) is 0 Å². The van der Waals surface area contributed by atoms with Crippen molar-refractivity contribution in [3.63, 3.8) is 0 Å². The van der Waals surface area contributed by atoms with Crippen LogP contribution in [0.5, 0.6) is 0 Å². The van der Waals surface area contributed by atoms with Crippen LogP contribution < -0.4 is 0 Å². The minimum absolute atomic E-state index is 0.0110. The van der Waals surface area contributed by atoms with Crippen molar-refractivity contribution in [2.45, 2.75) is 26.7 Å². The highest BCUT2D eigenvalue weighted by Gasteiger charge is 2.10. The molecule has 1 rings (SSSR count). The van der Waals surface area contributed by atoms with Crippen LogP contribution >= 0.6 is 0 Å². The van der Waals surface area contributed by atoms with Gasteiger partial charge in [0, 0.05) is 18.4 Å². The highest BCUT2D eigenvalue weighted by molar-refractivity contribution is 5.99. The number of halogens is 1. The maximum Gasteiger partial charge on any atom is 0.163 e. The molecule has 0 bridgehead atoms. The minimum Gasteiger partial charge on any atom is -0.300 e. The highest BCUT2D eigenvalue weighted by Crippen LogP contribution is 2.13. The molecule has 2 nitrogen and oxygen atoms in total. The van der Waals surface area contributed by atoms with E-state index in [2.05, 4.69) is 0 Å². The summed E-state index contributed by atoms with van der Waals surface area (Å²) in [4.78, 5) is 22.3. The Labute approximate surface area is 88.1 Å². The van der Waals surface area contributed by atoms with Gasteiger partial charge in [-0.2, -0.15) is 0 Å². The average Bonchev–Trinajstić information content (AvgIpc) is 2.14. The monoisotopic (exact) mass is 208 g/mol. The molecule has 0 aliphatic carbocycles. The minimum atomic E-state index is -0.351. The van der Waals surface area contributed by atoms with Crippen molar-refractivity contribution < 1.29 is 14.0 Å². The van der Waals surface area contributed by atoms with Gasteiger partial charge in [0.25, 0.3) is 0 Å². The Bertz CT molecular complexity index is 397. The molecule has 0 radical (unpaired) electrons. The van der Waals surface area contributed by atoms with E-state index < -0.39 is 0 Å². The second-order valence-electron chi connectivity index (χ2n) is 3.58. The van der Waals surface area contributed by atoms with E-state index in [1.807, 2.05) is 0 Å². The van der Waals surface area contributed by atoms with E-state index in [1.165, 1.54) is 25.1 Å². The van der Waals surface area contributed by atoms with E-state index in [-0.39, 0.29) is 30.2 Å². The Hall–Kier alpha value is -1.51. The predicted octanol–water partition coefficient (Wildman–Crippen LogP) is 2.69. The molecule has 0 unspecified atom stereocenters. The zero-order valence-electron chi connectivity index (χ0n) is 8.84. The van der Waals surface area contributed by atoms with Gasteiger partial charge < -0.3 is 4.79 Å². The van der Waals surface area contributed by atoms with E-state index in [9.17, 15) is 14.0 Å². The first-order chi connectivity index (χ1) is 7.00. The molecule has 1 aromatic rings. The van der Waals surface area contributed by atoms with Gasteiger partial charge in [-0.3, -0.25) is 4.79 Å². The molecule has 0 aliphatic heterocycles. The van der Waals surface area contributed by atoms with Crippen LogP contribution in [0.4, 0.5) is 4.39 Å². The number of Topliss-reactive ketones (excluding diaryl/α,β-unsaturated/α-hetero) is 2. The fourth-order valence-corrected chi connectivity index (χ4v) is 1.36. The molecule has 0 atom stereocenters. The second-order valence-corrected chi connectivity index (χ2v) is 3.58. The van der Waals surface area contributed by atoms with Crippen LogP contribution in [-0.2, 0) is 4.79 Å². The summed E-state index contributed by atoms with van der Waals surface area (Å²) in [6.07, 6.45) is 0.442. The first kappa shape index (κ1) is 11.6. The van der Waals surface area contributed by atoms with Crippen LogP contribution in [0.1, 0.15) is 35.7 Å². The Kier molecular flexibility index (Phi) is 3.72. The van der Waals surface area contributed by atoms with Gasteiger partial charge in [0.1, 0.15) is 11.6 Å². The molecule has 0 fully saturated rings. The van der Waals surface area contributed by atoms with E-state index in [1.54, 1.807) is 6.92 Å². The van der Waals surface area contributed by atoms with E-state index in [0.717, 1.165) is 0 Å². The van der Waals surface area contributed by atoms with Crippen LogP contribution in [0.3, 0.4) is 0 Å². The predicted molar refractivity (Wildman–Crippen MR) is 55.4 cm³/mol. The molecular weight excluding hydrogens is 195 g/mol. The Morgan fingerprint density at radius 2 is 1.93 bits per heavy atom. The van der Waals surface area contributed by atoms with Gasteiger partial charge >= 0.3 is 0 Å². The molecule has 0 amide bonds. The third-order valence-corrected chi connectivity index (χ3v) is 2.19. The summed E-state index contributed by atoms with van der Waals surface area (Å²) in [5.74, 6) is -0.471. The number of rotatable bonds is 4. The first-order valence-electron chi connectivity index (χ1n) is 4.79. The van der Waals surface area contributed by atoms with Crippen molar-refractivity contribution in [2.75, 3.05) is 0 Å². The van der Waals surface area contributed by atoms with Gasteiger partial charge in [-0.25, -0.2) is 4.39 Å². The van der Waals surface area contributed by atoms with Crippen molar-refractivity contribution in [3.05, 3.63) is 35.1 Å². The molecule has 0 aliphatic rings. The number of aryl methyl sites for hydroxylation is 1. The lowest BCUT2D eigenvalue weighted by atomic mass is 10.0.